The predicted octanol–water partition coefficient (Wildman–Crippen LogP) is 8.53. The number of benzene rings is 5. The van der Waals surface area contributed by atoms with E-state index < -0.39 is 0 Å². The third kappa shape index (κ3) is 5.31. The largest absolute Gasteiger partial charge is 0.321 e. The second-order valence-corrected chi connectivity index (χ2v) is 9.82. The Balaban J connectivity index is 1.48. The molecule has 0 unspecified atom stereocenters. The first kappa shape index (κ1) is 25.0. The van der Waals surface area contributed by atoms with Crippen molar-refractivity contribution in [2.75, 3.05) is 5.32 Å². The summed E-state index contributed by atoms with van der Waals surface area (Å²) in [6, 6.07) is 51.0. The Morgan fingerprint density at radius 1 is 0.525 bits per heavy atom. The molecule has 0 spiro atoms. The maximum Gasteiger partial charge on any atom is 0.321 e. The van der Waals surface area contributed by atoms with E-state index in [0.29, 0.717) is 5.69 Å². The van der Waals surface area contributed by atoms with Crippen LogP contribution >= 0.6 is 0 Å². The fourth-order valence-corrected chi connectivity index (χ4v) is 4.92. The standard InChI is InChI=1S/C37H28N2O/c1-27-17-23-34(24-18-27)39-35(31-15-9-4-10-16-31)25-32(29-13-7-3-8-14-29)26-36(39)37(40)38-33-21-19-30(20-22-33)28-11-5-2-6-12-28/h2-26H,1H3/p+1. The predicted molar refractivity (Wildman–Crippen MR) is 163 cm³/mol. The molecule has 0 radical (unpaired) electrons. The van der Waals surface area contributed by atoms with E-state index >= 15 is 0 Å². The van der Waals surface area contributed by atoms with E-state index in [9.17, 15) is 4.79 Å². The molecule has 1 amide bonds. The second kappa shape index (κ2) is 11.2. The first-order valence-corrected chi connectivity index (χ1v) is 13.4. The van der Waals surface area contributed by atoms with E-state index in [-0.39, 0.29) is 5.91 Å². The van der Waals surface area contributed by atoms with Gasteiger partial charge >= 0.3 is 5.91 Å². The minimum Gasteiger partial charge on any atom is -0.317 e. The topological polar surface area (TPSA) is 33.0 Å². The van der Waals surface area contributed by atoms with Gasteiger partial charge in [0.05, 0.1) is 0 Å². The summed E-state index contributed by atoms with van der Waals surface area (Å²) in [5.41, 5.74) is 9.63. The molecule has 0 aliphatic rings. The van der Waals surface area contributed by atoms with Crippen molar-refractivity contribution >= 4 is 11.6 Å². The number of hydrogen-bond acceptors (Lipinski definition) is 1. The number of carbonyl (C=O) groups excluding carboxylic acids is 1. The molecule has 0 bridgehead atoms. The van der Waals surface area contributed by atoms with Crippen LogP contribution in [0.4, 0.5) is 5.69 Å². The van der Waals surface area contributed by atoms with Gasteiger partial charge in [0.1, 0.15) is 0 Å². The van der Waals surface area contributed by atoms with Crippen molar-refractivity contribution in [3.63, 3.8) is 0 Å². The molecule has 0 saturated carbocycles. The highest BCUT2D eigenvalue weighted by molar-refractivity contribution is 6.03. The van der Waals surface area contributed by atoms with Gasteiger partial charge in [0.2, 0.25) is 11.4 Å². The van der Waals surface area contributed by atoms with E-state index in [1.165, 1.54) is 0 Å². The van der Waals surface area contributed by atoms with Gasteiger partial charge in [0, 0.05) is 35.5 Å². The number of carbonyl (C=O) groups is 1. The monoisotopic (exact) mass is 517 g/mol. The number of nitrogens with one attached hydrogen (secondary N) is 1. The van der Waals surface area contributed by atoms with Crippen molar-refractivity contribution in [3.8, 4) is 39.2 Å². The SMILES string of the molecule is Cc1ccc(-[n+]2c(C(=O)Nc3ccc(-c4ccccc4)cc3)cc(-c3ccccc3)cc2-c2ccccc2)cc1. The van der Waals surface area contributed by atoms with Gasteiger partial charge in [-0.1, -0.05) is 109 Å². The smallest absolute Gasteiger partial charge is 0.317 e. The first-order chi connectivity index (χ1) is 19.7. The van der Waals surface area contributed by atoms with Crippen molar-refractivity contribution < 1.29 is 9.36 Å². The normalized spacial score (nSPS) is 10.7. The lowest BCUT2D eigenvalue weighted by atomic mass is 10.0. The summed E-state index contributed by atoms with van der Waals surface area (Å²) in [6.45, 7) is 2.07. The Kier molecular flexibility index (Phi) is 7.02. The molecule has 192 valence electrons. The molecule has 40 heavy (non-hydrogen) atoms. The lowest BCUT2D eigenvalue weighted by Crippen LogP contribution is -2.42. The molecule has 0 fully saturated rings. The van der Waals surface area contributed by atoms with Gasteiger partial charge in [-0.3, -0.25) is 4.79 Å². The van der Waals surface area contributed by atoms with Crippen molar-refractivity contribution in [2.24, 2.45) is 0 Å². The van der Waals surface area contributed by atoms with Crippen molar-refractivity contribution in [3.05, 3.63) is 163 Å². The number of rotatable bonds is 6. The number of amides is 1. The molecule has 1 aromatic heterocycles. The van der Waals surface area contributed by atoms with Crippen molar-refractivity contribution in [1.82, 2.24) is 0 Å². The van der Waals surface area contributed by atoms with Crippen LogP contribution in [0.3, 0.4) is 0 Å². The fourth-order valence-electron chi connectivity index (χ4n) is 4.92. The Morgan fingerprint density at radius 3 is 1.60 bits per heavy atom. The quantitative estimate of drug-likeness (QED) is 0.221. The maximum atomic E-state index is 14.1. The van der Waals surface area contributed by atoms with Gasteiger partial charge in [0.25, 0.3) is 5.69 Å². The summed E-state index contributed by atoms with van der Waals surface area (Å²) in [5.74, 6) is -0.178. The van der Waals surface area contributed by atoms with E-state index in [1.807, 2.05) is 84.9 Å². The molecule has 1 N–H and O–H groups in total. The zero-order chi connectivity index (χ0) is 27.3. The molecular weight excluding hydrogens is 488 g/mol. The third-order valence-corrected chi connectivity index (χ3v) is 7.02. The van der Waals surface area contributed by atoms with E-state index in [1.54, 1.807) is 0 Å². The van der Waals surface area contributed by atoms with Crippen molar-refractivity contribution in [2.45, 2.75) is 6.92 Å². The molecule has 3 nitrogen and oxygen atoms in total. The van der Waals surface area contributed by atoms with Gasteiger partial charge < -0.3 is 5.32 Å². The Labute approximate surface area is 235 Å². The van der Waals surface area contributed by atoms with E-state index in [2.05, 4.69) is 83.5 Å². The van der Waals surface area contributed by atoms with Crippen LogP contribution in [0.15, 0.2) is 152 Å². The minimum absolute atomic E-state index is 0.178. The average Bonchev–Trinajstić information content (AvgIpc) is 3.02. The zero-order valence-electron chi connectivity index (χ0n) is 22.3. The highest BCUT2D eigenvalue weighted by Crippen LogP contribution is 2.27. The molecule has 3 heteroatoms. The lowest BCUT2D eigenvalue weighted by molar-refractivity contribution is -0.586. The molecule has 0 aliphatic heterocycles. The fraction of sp³-hybridized carbons (Fsp3) is 0.0270. The molecule has 0 aliphatic carbocycles. The minimum atomic E-state index is -0.178. The average molecular weight is 518 g/mol. The lowest BCUT2D eigenvalue weighted by Gasteiger charge is -2.13. The number of anilines is 1. The number of pyridine rings is 1. The maximum absolute atomic E-state index is 14.1. The zero-order valence-corrected chi connectivity index (χ0v) is 22.3. The van der Waals surface area contributed by atoms with Gasteiger partial charge in [-0.15, -0.1) is 4.57 Å². The van der Waals surface area contributed by atoms with Gasteiger partial charge in [-0.05, 0) is 53.4 Å². The van der Waals surface area contributed by atoms with E-state index in [4.69, 9.17) is 0 Å². The first-order valence-electron chi connectivity index (χ1n) is 13.4. The van der Waals surface area contributed by atoms with Gasteiger partial charge in [-0.2, -0.15) is 0 Å². The Bertz CT molecular complexity index is 1740. The molecular formula is C37H29N2O+. The van der Waals surface area contributed by atoms with Crippen LogP contribution in [0.25, 0.3) is 39.2 Å². The van der Waals surface area contributed by atoms with Crippen molar-refractivity contribution in [1.29, 1.82) is 0 Å². The summed E-state index contributed by atoms with van der Waals surface area (Å²) >= 11 is 0. The van der Waals surface area contributed by atoms with Gasteiger partial charge in [0.15, 0.2) is 0 Å². The molecule has 0 saturated heterocycles. The number of aryl methyl sites for hydroxylation is 1. The van der Waals surface area contributed by atoms with Crippen LogP contribution in [-0.2, 0) is 0 Å². The van der Waals surface area contributed by atoms with Gasteiger partial charge in [-0.25, -0.2) is 0 Å². The molecule has 0 atom stereocenters. The van der Waals surface area contributed by atoms with Crippen LogP contribution in [0.1, 0.15) is 16.1 Å². The summed E-state index contributed by atoms with van der Waals surface area (Å²) in [6.07, 6.45) is 0. The summed E-state index contributed by atoms with van der Waals surface area (Å²) in [5, 5.41) is 3.16. The van der Waals surface area contributed by atoms with Crippen LogP contribution in [0.2, 0.25) is 0 Å². The number of nitrogens with zero attached hydrogens (tertiary/aromatic N) is 1. The van der Waals surface area contributed by atoms with Crippen LogP contribution < -0.4 is 9.88 Å². The molecule has 6 aromatic rings. The Morgan fingerprint density at radius 2 is 1.02 bits per heavy atom. The molecule has 1 heterocycles. The van der Waals surface area contributed by atoms with Crippen LogP contribution in [-0.4, -0.2) is 5.91 Å². The Hall–Kier alpha value is -5.28. The second-order valence-electron chi connectivity index (χ2n) is 9.82. The highest BCUT2D eigenvalue weighted by Gasteiger charge is 2.28. The van der Waals surface area contributed by atoms with Crippen LogP contribution in [0, 0.1) is 6.92 Å². The molecule has 6 rings (SSSR count). The number of hydrogen-bond donors (Lipinski definition) is 1. The third-order valence-electron chi connectivity index (χ3n) is 7.02. The summed E-state index contributed by atoms with van der Waals surface area (Å²) < 4.78 is 2.05. The molecule has 5 aromatic carbocycles. The van der Waals surface area contributed by atoms with E-state index in [0.717, 1.165) is 50.4 Å². The number of aromatic nitrogens is 1. The summed E-state index contributed by atoms with van der Waals surface area (Å²) in [7, 11) is 0. The highest BCUT2D eigenvalue weighted by atomic mass is 16.1. The van der Waals surface area contributed by atoms with Crippen LogP contribution in [0.5, 0.6) is 0 Å². The summed E-state index contributed by atoms with van der Waals surface area (Å²) in [4.78, 5) is 14.1.